The molecule has 4 nitrogen and oxygen atoms in total. The van der Waals surface area contributed by atoms with E-state index in [4.69, 9.17) is 9.15 Å². The molecule has 3 heterocycles. The van der Waals surface area contributed by atoms with E-state index >= 15 is 4.39 Å². The van der Waals surface area contributed by atoms with Crippen LogP contribution in [-0.2, 0) is 11.3 Å². The van der Waals surface area contributed by atoms with Crippen molar-refractivity contribution in [2.45, 2.75) is 12.5 Å². The third-order valence-electron chi connectivity index (χ3n) is 5.74. The molecule has 0 aliphatic carbocycles. The van der Waals surface area contributed by atoms with Crippen LogP contribution < -0.4 is 4.90 Å². The SMILES string of the molecule is CN1Cc2cc(N3CCOCC3)cc(F)c2C(c2ccc3ccoc3c2)C1. The summed E-state index contributed by atoms with van der Waals surface area (Å²) >= 11 is 0. The molecule has 1 fully saturated rings. The molecule has 1 atom stereocenters. The molecule has 5 heteroatoms. The van der Waals surface area contributed by atoms with Gasteiger partial charge in [0.05, 0.1) is 19.5 Å². The molecule has 27 heavy (non-hydrogen) atoms. The zero-order valence-corrected chi connectivity index (χ0v) is 15.5. The molecule has 1 aromatic heterocycles. The standard InChI is InChI=1S/C22H23FN2O2/c1-24-13-17-10-18(25-5-8-26-9-6-25)12-20(23)22(17)19(14-24)16-3-2-15-4-7-27-21(15)11-16/h2-4,7,10-12,19H,5-6,8-9,13-14H2,1H3. The Morgan fingerprint density at radius 3 is 2.78 bits per heavy atom. The molecule has 1 unspecified atom stereocenters. The molecule has 1 saturated heterocycles. The van der Waals surface area contributed by atoms with Gasteiger partial charge < -0.3 is 19.0 Å². The molecule has 140 valence electrons. The van der Waals surface area contributed by atoms with Crippen LogP contribution in [0.3, 0.4) is 0 Å². The van der Waals surface area contributed by atoms with Crippen LogP contribution in [0.1, 0.15) is 22.6 Å². The van der Waals surface area contributed by atoms with Gasteiger partial charge in [-0.25, -0.2) is 4.39 Å². The number of furan rings is 1. The first-order valence-corrected chi connectivity index (χ1v) is 9.50. The second kappa shape index (κ2) is 6.66. The summed E-state index contributed by atoms with van der Waals surface area (Å²) in [7, 11) is 2.10. The van der Waals surface area contributed by atoms with Gasteiger partial charge in [-0.05, 0) is 42.4 Å². The first-order valence-electron chi connectivity index (χ1n) is 9.50. The molecular formula is C22H23FN2O2. The van der Waals surface area contributed by atoms with Crippen LogP contribution in [0.25, 0.3) is 11.0 Å². The molecule has 0 amide bonds. The number of ether oxygens (including phenoxy) is 1. The predicted molar refractivity (Wildman–Crippen MR) is 104 cm³/mol. The fourth-order valence-electron chi connectivity index (χ4n) is 4.40. The Morgan fingerprint density at radius 1 is 1.07 bits per heavy atom. The van der Waals surface area contributed by atoms with E-state index in [9.17, 15) is 0 Å². The Bertz CT molecular complexity index is 978. The average Bonchev–Trinajstić information content (AvgIpc) is 3.15. The van der Waals surface area contributed by atoms with Crippen LogP contribution in [0, 0.1) is 5.82 Å². The normalized spacial score (nSPS) is 20.8. The highest BCUT2D eigenvalue weighted by Gasteiger charge is 2.29. The highest BCUT2D eigenvalue weighted by Crippen LogP contribution is 2.38. The molecule has 2 aliphatic rings. The van der Waals surface area contributed by atoms with E-state index in [0.717, 1.165) is 59.5 Å². The lowest BCUT2D eigenvalue weighted by atomic mass is 9.84. The van der Waals surface area contributed by atoms with Gasteiger partial charge in [0.1, 0.15) is 11.4 Å². The second-order valence-electron chi connectivity index (χ2n) is 7.57. The first kappa shape index (κ1) is 16.8. The summed E-state index contributed by atoms with van der Waals surface area (Å²) in [5, 5.41) is 1.08. The first-order chi connectivity index (χ1) is 13.2. The number of fused-ring (bicyclic) bond motifs is 2. The molecular weight excluding hydrogens is 343 g/mol. The second-order valence-corrected chi connectivity index (χ2v) is 7.57. The van der Waals surface area contributed by atoms with Crippen molar-refractivity contribution in [3.05, 3.63) is 65.2 Å². The summed E-state index contributed by atoms with van der Waals surface area (Å²) in [4.78, 5) is 4.48. The Labute approximate surface area is 158 Å². The number of rotatable bonds is 2. The molecule has 0 bridgehead atoms. The Hall–Kier alpha value is -2.37. The zero-order chi connectivity index (χ0) is 18.4. The number of halogens is 1. The van der Waals surface area contributed by atoms with Crippen LogP contribution in [0.15, 0.2) is 47.1 Å². The quantitative estimate of drug-likeness (QED) is 0.686. The predicted octanol–water partition coefficient (Wildman–Crippen LogP) is 3.99. The minimum atomic E-state index is -0.105. The van der Waals surface area contributed by atoms with Gasteiger partial charge in [-0.15, -0.1) is 0 Å². The van der Waals surface area contributed by atoms with Gasteiger partial charge in [0.15, 0.2) is 0 Å². The maximum Gasteiger partial charge on any atom is 0.134 e. The lowest BCUT2D eigenvalue weighted by molar-refractivity contribution is 0.122. The third-order valence-corrected chi connectivity index (χ3v) is 5.74. The molecule has 0 spiro atoms. The van der Waals surface area contributed by atoms with Gasteiger partial charge in [0, 0.05) is 48.7 Å². The van der Waals surface area contributed by atoms with Crippen molar-refractivity contribution < 1.29 is 13.5 Å². The van der Waals surface area contributed by atoms with Gasteiger partial charge in [-0.2, -0.15) is 0 Å². The molecule has 5 rings (SSSR count). The summed E-state index contributed by atoms with van der Waals surface area (Å²) in [5.41, 5.74) is 4.83. The van der Waals surface area contributed by atoms with Crippen molar-refractivity contribution in [3.8, 4) is 0 Å². The number of morpholine rings is 1. The number of benzene rings is 2. The van der Waals surface area contributed by atoms with E-state index < -0.39 is 0 Å². The van der Waals surface area contributed by atoms with Gasteiger partial charge in [-0.1, -0.05) is 12.1 Å². The van der Waals surface area contributed by atoms with Crippen LogP contribution in [0.5, 0.6) is 0 Å². The fourth-order valence-corrected chi connectivity index (χ4v) is 4.40. The largest absolute Gasteiger partial charge is 0.464 e. The van der Waals surface area contributed by atoms with Crippen LogP contribution in [0.2, 0.25) is 0 Å². The Balaban J connectivity index is 1.57. The van der Waals surface area contributed by atoms with E-state index in [2.05, 4.69) is 41.1 Å². The minimum Gasteiger partial charge on any atom is -0.464 e. The highest BCUT2D eigenvalue weighted by molar-refractivity contribution is 5.78. The monoisotopic (exact) mass is 366 g/mol. The molecule has 3 aromatic rings. The lowest BCUT2D eigenvalue weighted by Crippen LogP contribution is -2.37. The molecule has 0 N–H and O–H groups in total. The van der Waals surface area contributed by atoms with Crippen LogP contribution in [-0.4, -0.2) is 44.8 Å². The van der Waals surface area contributed by atoms with Crippen molar-refractivity contribution in [1.29, 1.82) is 0 Å². The summed E-state index contributed by atoms with van der Waals surface area (Å²) in [6, 6.07) is 12.0. The van der Waals surface area contributed by atoms with Crippen molar-refractivity contribution in [3.63, 3.8) is 0 Å². The lowest BCUT2D eigenvalue weighted by Gasteiger charge is -2.35. The van der Waals surface area contributed by atoms with E-state index in [0.29, 0.717) is 13.2 Å². The van der Waals surface area contributed by atoms with Crippen molar-refractivity contribution in [1.82, 2.24) is 4.90 Å². The van der Waals surface area contributed by atoms with Crippen molar-refractivity contribution in [2.75, 3.05) is 44.8 Å². The van der Waals surface area contributed by atoms with E-state index in [1.54, 1.807) is 12.3 Å². The Kier molecular flexibility index (Phi) is 4.14. The van der Waals surface area contributed by atoms with Gasteiger partial charge in [0.25, 0.3) is 0 Å². The average molecular weight is 366 g/mol. The smallest absolute Gasteiger partial charge is 0.134 e. The third kappa shape index (κ3) is 3.01. The van der Waals surface area contributed by atoms with Crippen LogP contribution in [0.4, 0.5) is 10.1 Å². The fraction of sp³-hybridized carbons (Fsp3) is 0.364. The van der Waals surface area contributed by atoms with Gasteiger partial charge >= 0.3 is 0 Å². The number of likely N-dealkylation sites (N-methyl/N-ethyl adjacent to an activating group) is 1. The Morgan fingerprint density at radius 2 is 1.93 bits per heavy atom. The molecule has 0 saturated carbocycles. The van der Waals surface area contributed by atoms with E-state index in [1.165, 1.54) is 0 Å². The number of nitrogens with zero attached hydrogens (tertiary/aromatic N) is 2. The number of hydrogen-bond acceptors (Lipinski definition) is 4. The highest BCUT2D eigenvalue weighted by atomic mass is 19.1. The maximum absolute atomic E-state index is 15.3. The van der Waals surface area contributed by atoms with Gasteiger partial charge in [0.2, 0.25) is 0 Å². The molecule has 2 aromatic carbocycles. The summed E-state index contributed by atoms with van der Waals surface area (Å²) < 4.78 is 26.3. The minimum absolute atomic E-state index is 0.00647. The summed E-state index contributed by atoms with van der Waals surface area (Å²) in [5.74, 6) is -0.0985. The van der Waals surface area contributed by atoms with E-state index in [-0.39, 0.29) is 11.7 Å². The maximum atomic E-state index is 15.3. The molecule has 2 aliphatic heterocycles. The summed E-state index contributed by atoms with van der Waals surface area (Å²) in [6.45, 7) is 4.59. The van der Waals surface area contributed by atoms with Crippen LogP contribution >= 0.6 is 0 Å². The van der Waals surface area contributed by atoms with Crippen molar-refractivity contribution in [2.24, 2.45) is 0 Å². The zero-order valence-electron chi connectivity index (χ0n) is 15.5. The van der Waals surface area contributed by atoms with E-state index in [1.807, 2.05) is 6.07 Å². The number of anilines is 1. The molecule has 0 radical (unpaired) electrons. The summed E-state index contributed by atoms with van der Waals surface area (Å²) in [6.07, 6.45) is 1.70. The topological polar surface area (TPSA) is 28.9 Å². The number of hydrogen-bond donors (Lipinski definition) is 0. The van der Waals surface area contributed by atoms with Crippen molar-refractivity contribution >= 4 is 16.7 Å². The van der Waals surface area contributed by atoms with Gasteiger partial charge in [-0.3, -0.25) is 0 Å².